The lowest BCUT2D eigenvalue weighted by Crippen LogP contribution is -2.57. The van der Waals surface area contributed by atoms with Crippen LogP contribution in [0.15, 0.2) is 0 Å². The summed E-state index contributed by atoms with van der Waals surface area (Å²) in [6.45, 7) is 5.53. The average molecular weight is 294 g/mol. The molecule has 1 unspecified atom stereocenters. The first-order chi connectivity index (χ1) is 7.90. The molecule has 2 amide bonds. The largest absolute Gasteiger partial charge is 0.340 e. The molecule has 0 aromatic carbocycles. The molecule has 0 saturated carbocycles. The van der Waals surface area contributed by atoms with Crippen molar-refractivity contribution >= 4 is 35.3 Å². The van der Waals surface area contributed by atoms with Crippen LogP contribution in [-0.2, 0) is 4.79 Å². The van der Waals surface area contributed by atoms with E-state index in [9.17, 15) is 9.59 Å². The van der Waals surface area contributed by atoms with Crippen LogP contribution in [0.1, 0.15) is 20.3 Å². The van der Waals surface area contributed by atoms with Crippen LogP contribution in [0.3, 0.4) is 0 Å². The number of amides is 2. The number of thioether (sulfide) groups is 1. The van der Waals surface area contributed by atoms with E-state index in [1.165, 1.54) is 11.8 Å². The third-order valence-electron chi connectivity index (χ3n) is 3.60. The number of hydrogen-bond acceptors (Lipinski definition) is 4. The molecule has 2 aliphatic rings. The van der Waals surface area contributed by atoms with Gasteiger partial charge in [0.15, 0.2) is 0 Å². The number of hydrogen-bond donors (Lipinski definition) is 2. The number of piperidine rings is 1. The maximum Gasteiger partial charge on any atom is 0.279 e. The summed E-state index contributed by atoms with van der Waals surface area (Å²) in [6.07, 6.45) is 0.826. The lowest BCUT2D eigenvalue weighted by molar-refractivity contribution is -0.135. The zero-order chi connectivity index (χ0) is 12.6. The van der Waals surface area contributed by atoms with E-state index in [0.717, 1.165) is 6.42 Å². The van der Waals surface area contributed by atoms with Gasteiger partial charge in [0.2, 0.25) is 5.91 Å². The summed E-state index contributed by atoms with van der Waals surface area (Å²) < 4.78 is 0. The van der Waals surface area contributed by atoms with E-state index in [1.807, 2.05) is 4.90 Å². The van der Waals surface area contributed by atoms with Crippen molar-refractivity contribution in [3.05, 3.63) is 0 Å². The first-order valence-corrected chi connectivity index (χ1v) is 6.86. The van der Waals surface area contributed by atoms with Crippen LogP contribution in [0, 0.1) is 5.41 Å². The molecular weight excluding hydrogens is 274 g/mol. The molecule has 18 heavy (non-hydrogen) atoms. The zero-order valence-electron chi connectivity index (χ0n) is 10.6. The van der Waals surface area contributed by atoms with Crippen molar-refractivity contribution in [2.45, 2.75) is 32.4 Å². The molecule has 0 radical (unpaired) electrons. The van der Waals surface area contributed by atoms with Gasteiger partial charge in [-0.05, 0) is 11.8 Å². The molecule has 0 aromatic rings. The Morgan fingerprint density at radius 2 is 2.22 bits per heavy atom. The monoisotopic (exact) mass is 293 g/mol. The molecule has 2 fully saturated rings. The highest BCUT2D eigenvalue weighted by molar-refractivity contribution is 8.14. The van der Waals surface area contributed by atoms with Gasteiger partial charge in [0.1, 0.15) is 6.04 Å². The topological polar surface area (TPSA) is 75.4 Å². The van der Waals surface area contributed by atoms with E-state index in [4.69, 9.17) is 5.73 Å². The van der Waals surface area contributed by atoms with Gasteiger partial charge in [0.25, 0.3) is 5.24 Å². The SMILES string of the molecule is CC1(C)CN(C(=O)[C@@H]2CSC(=O)N2)CCC1N.Cl. The number of halogens is 1. The van der Waals surface area contributed by atoms with Crippen LogP contribution in [0.4, 0.5) is 4.79 Å². The number of carbonyl (C=O) groups is 2. The second-order valence-corrected chi connectivity index (χ2v) is 6.43. The molecule has 2 heterocycles. The van der Waals surface area contributed by atoms with E-state index >= 15 is 0 Å². The molecule has 0 spiro atoms. The molecule has 5 nitrogen and oxygen atoms in total. The van der Waals surface area contributed by atoms with Crippen molar-refractivity contribution in [2.24, 2.45) is 11.1 Å². The highest BCUT2D eigenvalue weighted by Crippen LogP contribution is 2.28. The highest BCUT2D eigenvalue weighted by atomic mass is 35.5. The fraction of sp³-hybridized carbons (Fsp3) is 0.818. The van der Waals surface area contributed by atoms with Crippen molar-refractivity contribution in [1.29, 1.82) is 0 Å². The van der Waals surface area contributed by atoms with Gasteiger partial charge < -0.3 is 16.0 Å². The highest BCUT2D eigenvalue weighted by Gasteiger charge is 2.39. The summed E-state index contributed by atoms with van der Waals surface area (Å²) in [4.78, 5) is 25.1. The second kappa shape index (κ2) is 5.67. The fourth-order valence-electron chi connectivity index (χ4n) is 2.30. The minimum Gasteiger partial charge on any atom is -0.340 e. The minimum atomic E-state index is -0.349. The second-order valence-electron chi connectivity index (χ2n) is 5.44. The third-order valence-corrected chi connectivity index (χ3v) is 4.48. The molecular formula is C11H20ClN3O2S. The van der Waals surface area contributed by atoms with E-state index < -0.39 is 0 Å². The number of nitrogens with one attached hydrogen (secondary N) is 1. The van der Waals surface area contributed by atoms with Crippen LogP contribution >= 0.6 is 24.2 Å². The van der Waals surface area contributed by atoms with Crippen LogP contribution in [0.2, 0.25) is 0 Å². The smallest absolute Gasteiger partial charge is 0.279 e. The van der Waals surface area contributed by atoms with Gasteiger partial charge in [0.05, 0.1) is 0 Å². The number of carbonyl (C=O) groups excluding carboxylic acids is 2. The number of rotatable bonds is 1. The molecule has 0 bridgehead atoms. The minimum absolute atomic E-state index is 0. The average Bonchev–Trinajstić information content (AvgIpc) is 2.68. The standard InChI is InChI=1S/C11H19N3O2S.ClH/c1-11(2)6-14(4-3-8(11)12)9(15)7-5-17-10(16)13-7;/h7-8H,3-6,12H2,1-2H3,(H,13,16);1H/t7-,8?;/m0./s1. The molecule has 2 saturated heterocycles. The molecule has 3 N–H and O–H groups in total. The van der Waals surface area contributed by atoms with Gasteiger partial charge >= 0.3 is 0 Å². The number of nitrogens with zero attached hydrogens (tertiary/aromatic N) is 1. The quantitative estimate of drug-likeness (QED) is 0.750. The first-order valence-electron chi connectivity index (χ1n) is 5.88. The van der Waals surface area contributed by atoms with Crippen LogP contribution in [0.25, 0.3) is 0 Å². The fourth-order valence-corrected chi connectivity index (χ4v) is 3.07. The Labute approximate surface area is 118 Å². The van der Waals surface area contributed by atoms with Gasteiger partial charge in [-0.15, -0.1) is 12.4 Å². The Morgan fingerprint density at radius 3 is 2.72 bits per heavy atom. The first kappa shape index (κ1) is 15.6. The van der Waals surface area contributed by atoms with Crippen LogP contribution < -0.4 is 11.1 Å². The molecule has 2 rings (SSSR count). The summed E-state index contributed by atoms with van der Waals surface area (Å²) in [5, 5.41) is 2.59. The van der Waals surface area contributed by atoms with E-state index in [1.54, 1.807) is 0 Å². The predicted octanol–water partition coefficient (Wildman–Crippen LogP) is 0.819. The van der Waals surface area contributed by atoms with Crippen LogP contribution in [0.5, 0.6) is 0 Å². The Balaban J connectivity index is 0.00000162. The van der Waals surface area contributed by atoms with Gasteiger partial charge in [-0.1, -0.05) is 25.6 Å². The van der Waals surface area contributed by atoms with Gasteiger partial charge in [-0.25, -0.2) is 0 Å². The van der Waals surface area contributed by atoms with Crippen molar-refractivity contribution in [1.82, 2.24) is 10.2 Å². The van der Waals surface area contributed by atoms with E-state index in [2.05, 4.69) is 19.2 Å². The van der Waals surface area contributed by atoms with Gasteiger partial charge in [0, 0.05) is 24.9 Å². The molecule has 0 aromatic heterocycles. The Bertz CT molecular complexity index is 351. The maximum absolute atomic E-state index is 12.2. The summed E-state index contributed by atoms with van der Waals surface area (Å²) in [5.41, 5.74) is 5.99. The van der Waals surface area contributed by atoms with Gasteiger partial charge in [-0.3, -0.25) is 9.59 Å². The summed E-state index contributed by atoms with van der Waals surface area (Å²) in [7, 11) is 0. The van der Waals surface area contributed by atoms with Crippen molar-refractivity contribution in [2.75, 3.05) is 18.8 Å². The summed E-state index contributed by atoms with van der Waals surface area (Å²) in [5.74, 6) is 0.573. The normalized spacial score (nSPS) is 30.6. The summed E-state index contributed by atoms with van der Waals surface area (Å²) in [6, 6.07) is -0.211. The predicted molar refractivity (Wildman–Crippen MR) is 75.0 cm³/mol. The molecule has 2 atom stereocenters. The molecule has 7 heteroatoms. The Hall–Kier alpha value is -0.460. The third kappa shape index (κ3) is 3.10. The Kier molecular flexibility index (Phi) is 4.91. The lowest BCUT2D eigenvalue weighted by Gasteiger charge is -2.43. The molecule has 0 aliphatic carbocycles. The van der Waals surface area contributed by atoms with Crippen molar-refractivity contribution in [3.8, 4) is 0 Å². The molecule has 104 valence electrons. The zero-order valence-corrected chi connectivity index (χ0v) is 12.3. The van der Waals surface area contributed by atoms with Crippen LogP contribution in [-0.4, -0.2) is 47.0 Å². The number of nitrogens with two attached hydrogens (primary N) is 1. The van der Waals surface area contributed by atoms with Gasteiger partial charge in [-0.2, -0.15) is 0 Å². The Morgan fingerprint density at radius 1 is 1.56 bits per heavy atom. The van der Waals surface area contributed by atoms with E-state index in [0.29, 0.717) is 18.8 Å². The van der Waals surface area contributed by atoms with E-state index in [-0.39, 0.29) is 41.1 Å². The lowest BCUT2D eigenvalue weighted by atomic mass is 9.79. The maximum atomic E-state index is 12.2. The van der Waals surface area contributed by atoms with Crippen molar-refractivity contribution < 1.29 is 9.59 Å². The molecule has 2 aliphatic heterocycles. The number of likely N-dealkylation sites (tertiary alicyclic amines) is 1. The van der Waals surface area contributed by atoms with Crippen molar-refractivity contribution in [3.63, 3.8) is 0 Å². The summed E-state index contributed by atoms with van der Waals surface area (Å²) >= 11 is 1.18.